The minimum absolute atomic E-state index is 0.490. The molecule has 0 spiro atoms. The quantitative estimate of drug-likeness (QED) is 0.892. The summed E-state index contributed by atoms with van der Waals surface area (Å²) in [6, 6.07) is 5.25. The Morgan fingerprint density at radius 3 is 2.74 bits per heavy atom. The van der Waals surface area contributed by atoms with Crippen LogP contribution in [0, 0.1) is 0 Å². The largest absolute Gasteiger partial charge is 0.493 e. The Morgan fingerprint density at radius 1 is 1.16 bits per heavy atom. The molecule has 1 aliphatic carbocycles. The van der Waals surface area contributed by atoms with Crippen molar-refractivity contribution in [1.29, 1.82) is 0 Å². The lowest BCUT2D eigenvalue weighted by atomic mass is 9.88. The summed E-state index contributed by atoms with van der Waals surface area (Å²) < 4.78 is 5.98. The highest BCUT2D eigenvalue weighted by Crippen LogP contribution is 2.36. The molecule has 1 aliphatic heterocycles. The fourth-order valence-corrected chi connectivity index (χ4v) is 3.34. The second-order valence-electron chi connectivity index (χ2n) is 5.86. The number of rotatable bonds is 3. The van der Waals surface area contributed by atoms with Gasteiger partial charge in [0.1, 0.15) is 5.75 Å². The maximum atomic E-state index is 5.98. The van der Waals surface area contributed by atoms with Gasteiger partial charge in [0, 0.05) is 11.6 Å². The van der Waals surface area contributed by atoms with Crippen molar-refractivity contribution in [2.75, 3.05) is 13.2 Å². The standard InChI is InChI=1S/C17H25NO/c1-2-9-18-16-8-5-10-19-17-12-14-7-4-3-6-13(14)11-15(16)17/h11-12,16,18H,2-10H2,1H3. The van der Waals surface area contributed by atoms with Crippen LogP contribution >= 0.6 is 0 Å². The van der Waals surface area contributed by atoms with Crippen LogP contribution in [0.15, 0.2) is 12.1 Å². The average molecular weight is 259 g/mol. The topological polar surface area (TPSA) is 21.3 Å². The van der Waals surface area contributed by atoms with Gasteiger partial charge in [0.25, 0.3) is 0 Å². The summed E-state index contributed by atoms with van der Waals surface area (Å²) in [4.78, 5) is 0. The summed E-state index contributed by atoms with van der Waals surface area (Å²) in [5.74, 6) is 1.15. The van der Waals surface area contributed by atoms with Crippen LogP contribution in [-0.4, -0.2) is 13.2 Å². The van der Waals surface area contributed by atoms with Crippen LogP contribution in [0.2, 0.25) is 0 Å². The number of hydrogen-bond donors (Lipinski definition) is 1. The van der Waals surface area contributed by atoms with Crippen molar-refractivity contribution in [3.05, 3.63) is 28.8 Å². The van der Waals surface area contributed by atoms with Crippen molar-refractivity contribution in [2.24, 2.45) is 0 Å². The molecule has 0 fully saturated rings. The van der Waals surface area contributed by atoms with Gasteiger partial charge in [0.2, 0.25) is 0 Å². The van der Waals surface area contributed by atoms with Gasteiger partial charge >= 0.3 is 0 Å². The fraction of sp³-hybridized carbons (Fsp3) is 0.647. The van der Waals surface area contributed by atoms with E-state index in [-0.39, 0.29) is 0 Å². The van der Waals surface area contributed by atoms with E-state index in [1.165, 1.54) is 49.7 Å². The van der Waals surface area contributed by atoms with Crippen LogP contribution in [0.4, 0.5) is 0 Å². The number of fused-ring (bicyclic) bond motifs is 2. The SMILES string of the molecule is CCCNC1CCCOc2cc3c(cc21)CCCC3. The van der Waals surface area contributed by atoms with Crippen LogP contribution < -0.4 is 10.1 Å². The highest BCUT2D eigenvalue weighted by molar-refractivity contribution is 5.46. The predicted octanol–water partition coefficient (Wildman–Crippen LogP) is 3.78. The van der Waals surface area contributed by atoms with Crippen LogP contribution in [0.25, 0.3) is 0 Å². The third kappa shape index (κ3) is 2.79. The summed E-state index contributed by atoms with van der Waals surface area (Å²) in [5.41, 5.74) is 4.51. The third-order valence-corrected chi connectivity index (χ3v) is 4.39. The Labute approximate surface area is 116 Å². The molecule has 0 saturated carbocycles. The highest BCUT2D eigenvalue weighted by atomic mass is 16.5. The first-order valence-electron chi connectivity index (χ1n) is 7.90. The molecule has 2 nitrogen and oxygen atoms in total. The lowest BCUT2D eigenvalue weighted by molar-refractivity contribution is 0.314. The molecule has 0 aromatic heterocycles. The summed E-state index contributed by atoms with van der Waals surface area (Å²) in [6.07, 6.45) is 8.72. The molecule has 1 N–H and O–H groups in total. The molecule has 1 unspecified atom stereocenters. The Hall–Kier alpha value is -1.02. The van der Waals surface area contributed by atoms with Gasteiger partial charge in [-0.25, -0.2) is 0 Å². The van der Waals surface area contributed by atoms with Crippen molar-refractivity contribution < 1.29 is 4.74 Å². The lowest BCUT2D eigenvalue weighted by Gasteiger charge is -2.23. The number of ether oxygens (including phenoxy) is 1. The summed E-state index contributed by atoms with van der Waals surface area (Å²) in [5, 5.41) is 3.69. The van der Waals surface area contributed by atoms with E-state index in [4.69, 9.17) is 4.74 Å². The number of hydrogen-bond acceptors (Lipinski definition) is 2. The highest BCUT2D eigenvalue weighted by Gasteiger charge is 2.22. The Kier molecular flexibility index (Phi) is 4.07. The number of aryl methyl sites for hydroxylation is 2. The van der Waals surface area contributed by atoms with E-state index in [1.54, 1.807) is 5.56 Å². The Morgan fingerprint density at radius 2 is 1.95 bits per heavy atom. The summed E-state index contributed by atoms with van der Waals surface area (Å²) in [7, 11) is 0. The van der Waals surface area contributed by atoms with Crippen molar-refractivity contribution in [3.63, 3.8) is 0 Å². The maximum Gasteiger partial charge on any atom is 0.124 e. The van der Waals surface area contributed by atoms with E-state index in [1.807, 2.05) is 0 Å². The van der Waals surface area contributed by atoms with Gasteiger partial charge in [-0.15, -0.1) is 0 Å². The van der Waals surface area contributed by atoms with Crippen molar-refractivity contribution >= 4 is 0 Å². The van der Waals surface area contributed by atoms with Gasteiger partial charge in [0.15, 0.2) is 0 Å². The molecule has 0 amide bonds. The van der Waals surface area contributed by atoms with Gasteiger partial charge in [-0.05, 0) is 68.7 Å². The summed E-state index contributed by atoms with van der Waals surface area (Å²) >= 11 is 0. The fourth-order valence-electron chi connectivity index (χ4n) is 3.34. The molecule has 1 aromatic carbocycles. The molecule has 3 rings (SSSR count). The van der Waals surface area contributed by atoms with E-state index in [2.05, 4.69) is 24.4 Å². The zero-order valence-electron chi connectivity index (χ0n) is 12.0. The van der Waals surface area contributed by atoms with Gasteiger partial charge in [0.05, 0.1) is 6.61 Å². The van der Waals surface area contributed by atoms with E-state index >= 15 is 0 Å². The van der Waals surface area contributed by atoms with Gasteiger partial charge < -0.3 is 10.1 Å². The summed E-state index contributed by atoms with van der Waals surface area (Å²) in [6.45, 7) is 4.20. The zero-order valence-corrected chi connectivity index (χ0v) is 12.0. The van der Waals surface area contributed by atoms with E-state index in [0.717, 1.165) is 25.3 Å². The molecule has 2 aliphatic rings. The minimum Gasteiger partial charge on any atom is -0.493 e. The molecular formula is C17H25NO. The molecule has 2 heteroatoms. The van der Waals surface area contributed by atoms with Crippen molar-refractivity contribution in [1.82, 2.24) is 5.32 Å². The second-order valence-corrected chi connectivity index (χ2v) is 5.86. The van der Waals surface area contributed by atoms with Gasteiger partial charge in [-0.1, -0.05) is 13.0 Å². The van der Waals surface area contributed by atoms with Crippen LogP contribution in [0.3, 0.4) is 0 Å². The predicted molar refractivity (Wildman–Crippen MR) is 78.8 cm³/mol. The number of benzene rings is 1. The molecule has 0 saturated heterocycles. The van der Waals surface area contributed by atoms with E-state index < -0.39 is 0 Å². The molecular weight excluding hydrogens is 234 g/mol. The molecule has 19 heavy (non-hydrogen) atoms. The molecule has 104 valence electrons. The Balaban J connectivity index is 1.93. The van der Waals surface area contributed by atoms with Gasteiger partial charge in [-0.3, -0.25) is 0 Å². The van der Waals surface area contributed by atoms with Crippen LogP contribution in [-0.2, 0) is 12.8 Å². The van der Waals surface area contributed by atoms with E-state index in [9.17, 15) is 0 Å². The van der Waals surface area contributed by atoms with Crippen LogP contribution in [0.1, 0.15) is 61.8 Å². The first-order valence-corrected chi connectivity index (χ1v) is 7.90. The smallest absolute Gasteiger partial charge is 0.124 e. The molecule has 0 radical (unpaired) electrons. The van der Waals surface area contributed by atoms with Crippen LogP contribution in [0.5, 0.6) is 5.75 Å². The second kappa shape index (κ2) is 5.96. The minimum atomic E-state index is 0.490. The third-order valence-electron chi connectivity index (χ3n) is 4.39. The van der Waals surface area contributed by atoms with Gasteiger partial charge in [-0.2, -0.15) is 0 Å². The van der Waals surface area contributed by atoms with Crippen molar-refractivity contribution in [2.45, 2.75) is 57.9 Å². The Bertz CT molecular complexity index is 441. The zero-order chi connectivity index (χ0) is 13.1. The number of nitrogens with one attached hydrogen (secondary N) is 1. The first-order chi connectivity index (χ1) is 9.38. The maximum absolute atomic E-state index is 5.98. The average Bonchev–Trinajstić information content (AvgIpc) is 2.64. The first kappa shape index (κ1) is 13.0. The molecule has 1 aromatic rings. The normalized spacial score (nSPS) is 22.1. The molecule has 0 bridgehead atoms. The van der Waals surface area contributed by atoms with E-state index in [0.29, 0.717) is 6.04 Å². The monoisotopic (exact) mass is 259 g/mol. The molecule has 1 atom stereocenters. The van der Waals surface area contributed by atoms with Crippen molar-refractivity contribution in [3.8, 4) is 5.75 Å². The molecule has 1 heterocycles. The lowest BCUT2D eigenvalue weighted by Crippen LogP contribution is -2.22.